The molecule has 2 aromatic heterocycles. The molecule has 0 aliphatic rings. The summed E-state index contributed by atoms with van der Waals surface area (Å²) in [7, 11) is 0. The van der Waals surface area contributed by atoms with E-state index < -0.39 is 0 Å². The van der Waals surface area contributed by atoms with Gasteiger partial charge >= 0.3 is 0 Å². The van der Waals surface area contributed by atoms with Crippen LogP contribution >= 0.6 is 22.9 Å². The van der Waals surface area contributed by atoms with Crippen LogP contribution in [0.4, 0.5) is 0 Å². The Hall–Kier alpha value is -1.90. The van der Waals surface area contributed by atoms with Gasteiger partial charge in [0, 0.05) is 11.1 Å². The lowest BCUT2D eigenvalue weighted by atomic mass is 10.2. The van der Waals surface area contributed by atoms with Gasteiger partial charge in [0.05, 0.1) is 23.5 Å². The summed E-state index contributed by atoms with van der Waals surface area (Å²) in [4.78, 5) is 8.96. The van der Waals surface area contributed by atoms with Crippen LogP contribution in [0.1, 0.15) is 22.1 Å². The van der Waals surface area contributed by atoms with Gasteiger partial charge in [-0.1, -0.05) is 6.07 Å². The molecular weight excluding hydrogens is 292 g/mol. The van der Waals surface area contributed by atoms with Crippen LogP contribution in [0.2, 0.25) is 0 Å². The standard InChI is InChI=1S/C14H11ClN4S/c1-9-8-20-13(17-9)7-19-11-4-2-3-10(6-16)14(11)18-12(19)5-15/h2-4,8H,5,7H2,1H3. The summed E-state index contributed by atoms with van der Waals surface area (Å²) in [5.74, 6) is 1.07. The molecule has 0 unspecified atom stereocenters. The second kappa shape index (κ2) is 5.23. The van der Waals surface area contributed by atoms with Gasteiger partial charge in [-0.25, -0.2) is 9.97 Å². The van der Waals surface area contributed by atoms with Gasteiger partial charge < -0.3 is 4.57 Å². The molecule has 0 saturated heterocycles. The Balaban J connectivity index is 2.16. The van der Waals surface area contributed by atoms with Gasteiger partial charge in [-0.15, -0.1) is 22.9 Å². The Kier molecular flexibility index (Phi) is 3.43. The van der Waals surface area contributed by atoms with Gasteiger partial charge in [0.15, 0.2) is 0 Å². The number of nitriles is 1. The third-order valence-corrected chi connectivity index (χ3v) is 4.25. The van der Waals surface area contributed by atoms with Crippen LogP contribution in [0.5, 0.6) is 0 Å². The van der Waals surface area contributed by atoms with Gasteiger partial charge in [0.1, 0.15) is 22.4 Å². The maximum atomic E-state index is 9.16. The van der Waals surface area contributed by atoms with Crippen LogP contribution in [-0.2, 0) is 12.4 Å². The maximum absolute atomic E-state index is 9.16. The SMILES string of the molecule is Cc1csc(Cn2c(CCl)nc3c(C#N)cccc32)n1. The van der Waals surface area contributed by atoms with E-state index in [0.717, 1.165) is 22.0 Å². The third-order valence-electron chi connectivity index (χ3n) is 3.06. The zero-order valence-corrected chi connectivity index (χ0v) is 12.4. The summed E-state index contributed by atoms with van der Waals surface area (Å²) in [6, 6.07) is 7.76. The summed E-state index contributed by atoms with van der Waals surface area (Å²) in [6.45, 7) is 2.61. The zero-order chi connectivity index (χ0) is 14.1. The molecule has 6 heteroatoms. The number of thiazole rings is 1. The highest BCUT2D eigenvalue weighted by atomic mass is 35.5. The Bertz CT molecular complexity index is 812. The zero-order valence-electron chi connectivity index (χ0n) is 10.8. The Morgan fingerprint density at radius 2 is 2.25 bits per heavy atom. The predicted octanol–water partition coefficient (Wildman–Crippen LogP) is 3.46. The first-order chi connectivity index (χ1) is 9.72. The molecule has 0 spiro atoms. The molecule has 3 aromatic rings. The fourth-order valence-corrected chi connectivity index (χ4v) is 3.14. The first-order valence-electron chi connectivity index (χ1n) is 6.08. The number of para-hydroxylation sites is 1. The first-order valence-corrected chi connectivity index (χ1v) is 7.49. The number of aryl methyl sites for hydroxylation is 1. The molecule has 0 atom stereocenters. The van der Waals surface area contributed by atoms with E-state index in [1.165, 1.54) is 0 Å². The number of rotatable bonds is 3. The average molecular weight is 303 g/mol. The van der Waals surface area contributed by atoms with E-state index in [1.54, 1.807) is 17.4 Å². The molecule has 0 bridgehead atoms. The molecule has 0 amide bonds. The van der Waals surface area contributed by atoms with Crippen molar-refractivity contribution < 1.29 is 0 Å². The fourth-order valence-electron chi connectivity index (χ4n) is 2.17. The minimum absolute atomic E-state index is 0.309. The van der Waals surface area contributed by atoms with E-state index in [1.807, 2.05) is 29.0 Å². The normalized spacial score (nSPS) is 10.8. The molecule has 20 heavy (non-hydrogen) atoms. The molecule has 100 valence electrons. The molecule has 2 heterocycles. The van der Waals surface area contributed by atoms with Crippen molar-refractivity contribution in [2.45, 2.75) is 19.3 Å². The molecule has 1 aromatic carbocycles. The van der Waals surface area contributed by atoms with Crippen LogP contribution in [0.3, 0.4) is 0 Å². The number of nitrogens with zero attached hydrogens (tertiary/aromatic N) is 4. The Labute approximate surface area is 125 Å². The van der Waals surface area contributed by atoms with E-state index in [0.29, 0.717) is 23.5 Å². The molecule has 3 rings (SSSR count). The summed E-state index contributed by atoms with van der Waals surface area (Å²) >= 11 is 7.60. The lowest BCUT2D eigenvalue weighted by Gasteiger charge is -2.05. The van der Waals surface area contributed by atoms with Crippen LogP contribution < -0.4 is 0 Å². The smallest absolute Gasteiger partial charge is 0.125 e. The number of hydrogen-bond acceptors (Lipinski definition) is 4. The van der Waals surface area contributed by atoms with E-state index in [9.17, 15) is 0 Å². The summed E-state index contributed by atoms with van der Waals surface area (Å²) in [5, 5.41) is 12.2. The highest BCUT2D eigenvalue weighted by Crippen LogP contribution is 2.23. The van der Waals surface area contributed by atoms with Gasteiger partial charge in [-0.2, -0.15) is 5.26 Å². The van der Waals surface area contributed by atoms with Crippen LogP contribution in [0.25, 0.3) is 11.0 Å². The van der Waals surface area contributed by atoms with Crippen molar-refractivity contribution in [2.24, 2.45) is 0 Å². The quantitative estimate of drug-likeness (QED) is 0.696. The third kappa shape index (κ3) is 2.17. The Morgan fingerprint density at radius 3 is 2.90 bits per heavy atom. The van der Waals surface area contributed by atoms with Crippen molar-refractivity contribution in [1.29, 1.82) is 5.26 Å². The van der Waals surface area contributed by atoms with Crippen LogP contribution in [0, 0.1) is 18.3 Å². The van der Waals surface area contributed by atoms with Crippen molar-refractivity contribution in [3.8, 4) is 6.07 Å². The number of fused-ring (bicyclic) bond motifs is 1. The van der Waals surface area contributed by atoms with Crippen molar-refractivity contribution in [3.63, 3.8) is 0 Å². The monoisotopic (exact) mass is 302 g/mol. The maximum Gasteiger partial charge on any atom is 0.125 e. The topological polar surface area (TPSA) is 54.5 Å². The minimum atomic E-state index is 0.309. The first kappa shape index (κ1) is 13.1. The van der Waals surface area contributed by atoms with E-state index in [2.05, 4.69) is 16.0 Å². The summed E-state index contributed by atoms with van der Waals surface area (Å²) in [5.41, 5.74) is 3.22. The highest BCUT2D eigenvalue weighted by Gasteiger charge is 2.14. The second-order valence-corrected chi connectivity index (χ2v) is 5.63. The van der Waals surface area contributed by atoms with Crippen LogP contribution in [0.15, 0.2) is 23.6 Å². The van der Waals surface area contributed by atoms with Crippen molar-refractivity contribution in [2.75, 3.05) is 0 Å². The minimum Gasteiger partial charge on any atom is -0.320 e. The highest BCUT2D eigenvalue weighted by molar-refractivity contribution is 7.09. The summed E-state index contributed by atoms with van der Waals surface area (Å²) < 4.78 is 2.03. The number of imidazole rings is 1. The van der Waals surface area contributed by atoms with E-state index in [-0.39, 0.29) is 0 Å². The largest absolute Gasteiger partial charge is 0.320 e. The fraction of sp³-hybridized carbons (Fsp3) is 0.214. The van der Waals surface area contributed by atoms with Gasteiger partial charge in [-0.3, -0.25) is 0 Å². The van der Waals surface area contributed by atoms with Gasteiger partial charge in [-0.05, 0) is 19.1 Å². The molecule has 0 aliphatic carbocycles. The molecule has 0 N–H and O–H groups in total. The van der Waals surface area contributed by atoms with Gasteiger partial charge in [0.2, 0.25) is 0 Å². The van der Waals surface area contributed by atoms with E-state index in [4.69, 9.17) is 16.9 Å². The van der Waals surface area contributed by atoms with Crippen molar-refractivity contribution in [3.05, 3.63) is 45.7 Å². The lowest BCUT2D eigenvalue weighted by Crippen LogP contribution is -2.03. The van der Waals surface area contributed by atoms with Crippen molar-refractivity contribution in [1.82, 2.24) is 14.5 Å². The molecule has 4 nitrogen and oxygen atoms in total. The number of aromatic nitrogens is 3. The number of benzene rings is 1. The lowest BCUT2D eigenvalue weighted by molar-refractivity contribution is 0.771. The molecule has 0 fully saturated rings. The predicted molar refractivity (Wildman–Crippen MR) is 80.0 cm³/mol. The number of halogens is 1. The second-order valence-electron chi connectivity index (χ2n) is 4.42. The van der Waals surface area contributed by atoms with E-state index >= 15 is 0 Å². The Morgan fingerprint density at radius 1 is 1.40 bits per heavy atom. The molecular formula is C14H11ClN4S. The number of alkyl halides is 1. The average Bonchev–Trinajstić information content (AvgIpc) is 3.03. The number of hydrogen-bond donors (Lipinski definition) is 0. The molecule has 0 radical (unpaired) electrons. The molecule has 0 aliphatic heterocycles. The molecule has 0 saturated carbocycles. The summed E-state index contributed by atoms with van der Waals surface area (Å²) in [6.07, 6.45) is 0. The van der Waals surface area contributed by atoms with Gasteiger partial charge in [0.25, 0.3) is 0 Å². The van der Waals surface area contributed by atoms with Crippen LogP contribution in [-0.4, -0.2) is 14.5 Å². The van der Waals surface area contributed by atoms with Crippen molar-refractivity contribution >= 4 is 34.0 Å².